The summed E-state index contributed by atoms with van der Waals surface area (Å²) in [5.41, 5.74) is 3.44. The summed E-state index contributed by atoms with van der Waals surface area (Å²) in [5.74, 6) is 2.68. The van der Waals surface area contributed by atoms with Crippen LogP contribution < -0.4 is 5.32 Å². The summed E-state index contributed by atoms with van der Waals surface area (Å²) >= 11 is 2.00. The Balaban J connectivity index is 1.34. The second kappa shape index (κ2) is 10.1. The minimum Gasteiger partial charge on any atom is -0.441 e. The molecule has 0 unspecified atom stereocenters. The van der Waals surface area contributed by atoms with Gasteiger partial charge in [-0.1, -0.05) is 24.3 Å². The van der Waals surface area contributed by atoms with E-state index in [1.165, 1.54) is 29.3 Å². The van der Waals surface area contributed by atoms with E-state index in [2.05, 4.69) is 33.4 Å². The molecule has 1 amide bonds. The first-order chi connectivity index (χ1) is 15.1. The molecule has 1 N–H and O–H groups in total. The molecule has 4 rings (SSSR count). The lowest BCUT2D eigenvalue weighted by Gasteiger charge is -2.26. The van der Waals surface area contributed by atoms with E-state index in [0.717, 1.165) is 30.9 Å². The molecule has 0 spiro atoms. The first-order valence-corrected chi connectivity index (χ1v) is 11.6. The molecular formula is C24H26FN3O2S. The van der Waals surface area contributed by atoms with Crippen molar-refractivity contribution in [3.8, 4) is 11.3 Å². The van der Waals surface area contributed by atoms with Gasteiger partial charge >= 0.3 is 0 Å². The predicted octanol–water partition coefficient (Wildman–Crippen LogP) is 4.91. The Morgan fingerprint density at radius 3 is 2.84 bits per heavy atom. The van der Waals surface area contributed by atoms with E-state index in [9.17, 15) is 9.18 Å². The Labute approximate surface area is 186 Å². The molecule has 5 nitrogen and oxygen atoms in total. The molecule has 1 fully saturated rings. The molecule has 31 heavy (non-hydrogen) atoms. The summed E-state index contributed by atoms with van der Waals surface area (Å²) in [6.45, 7) is 5.10. The Morgan fingerprint density at radius 2 is 2.03 bits per heavy atom. The van der Waals surface area contributed by atoms with Crippen molar-refractivity contribution in [3.05, 3.63) is 71.5 Å². The third kappa shape index (κ3) is 5.74. The van der Waals surface area contributed by atoms with Crippen molar-refractivity contribution in [1.29, 1.82) is 0 Å². The number of nitrogens with one attached hydrogen (secondary N) is 1. The van der Waals surface area contributed by atoms with Crippen molar-refractivity contribution in [2.75, 3.05) is 29.9 Å². The summed E-state index contributed by atoms with van der Waals surface area (Å²) in [4.78, 5) is 19.2. The van der Waals surface area contributed by atoms with Crippen LogP contribution >= 0.6 is 11.8 Å². The number of rotatable bonds is 7. The molecule has 1 aliphatic rings. The zero-order chi connectivity index (χ0) is 21.6. The van der Waals surface area contributed by atoms with Crippen LogP contribution in [0.3, 0.4) is 0 Å². The second-order valence-corrected chi connectivity index (χ2v) is 8.91. The van der Waals surface area contributed by atoms with E-state index >= 15 is 0 Å². The number of thioether (sulfide) groups is 1. The summed E-state index contributed by atoms with van der Waals surface area (Å²) in [6, 6.07) is 12.6. The van der Waals surface area contributed by atoms with Crippen LogP contribution in [0.25, 0.3) is 11.3 Å². The van der Waals surface area contributed by atoms with Crippen molar-refractivity contribution in [3.63, 3.8) is 0 Å². The molecule has 0 saturated carbocycles. The van der Waals surface area contributed by atoms with Gasteiger partial charge in [0.2, 0.25) is 5.91 Å². The van der Waals surface area contributed by atoms with Gasteiger partial charge in [-0.2, -0.15) is 11.8 Å². The number of halogens is 1. The van der Waals surface area contributed by atoms with Gasteiger partial charge < -0.3 is 9.73 Å². The molecule has 0 aliphatic carbocycles. The molecule has 2 heterocycles. The first-order valence-electron chi connectivity index (χ1n) is 10.5. The molecule has 0 radical (unpaired) electrons. The summed E-state index contributed by atoms with van der Waals surface area (Å²) < 4.78 is 19.5. The highest BCUT2D eigenvalue weighted by molar-refractivity contribution is 7.99. The molecular weight excluding hydrogens is 413 g/mol. The van der Waals surface area contributed by atoms with E-state index in [1.54, 1.807) is 18.2 Å². The fourth-order valence-corrected chi connectivity index (χ4v) is 4.54. The van der Waals surface area contributed by atoms with Crippen LogP contribution in [0.2, 0.25) is 0 Å². The number of carbonyl (C=O) groups is 1. The number of amides is 1. The second-order valence-electron chi connectivity index (χ2n) is 7.68. The maximum absolute atomic E-state index is 13.9. The van der Waals surface area contributed by atoms with Gasteiger partial charge in [0.15, 0.2) is 11.7 Å². The summed E-state index contributed by atoms with van der Waals surface area (Å²) in [5, 5.41) is 3.01. The third-order valence-corrected chi connectivity index (χ3v) is 6.29. The van der Waals surface area contributed by atoms with E-state index in [1.807, 2.05) is 18.7 Å². The average molecular weight is 440 g/mol. The largest absolute Gasteiger partial charge is 0.441 e. The van der Waals surface area contributed by atoms with E-state index in [0.29, 0.717) is 23.6 Å². The lowest BCUT2D eigenvalue weighted by atomic mass is 10.1. The van der Waals surface area contributed by atoms with E-state index in [-0.39, 0.29) is 18.1 Å². The van der Waals surface area contributed by atoms with Crippen LogP contribution in [0.4, 0.5) is 10.1 Å². The third-order valence-electron chi connectivity index (χ3n) is 5.34. The minimum absolute atomic E-state index is 0.0970. The number of oxazole rings is 1. The number of anilines is 1. The van der Waals surface area contributed by atoms with Gasteiger partial charge in [-0.3, -0.25) is 9.69 Å². The maximum atomic E-state index is 13.9. The highest BCUT2D eigenvalue weighted by Gasteiger charge is 2.14. The fourth-order valence-electron chi connectivity index (χ4n) is 3.56. The number of nitrogens with zero attached hydrogens (tertiary/aromatic N) is 2. The zero-order valence-electron chi connectivity index (χ0n) is 17.6. The number of aromatic nitrogens is 1. The molecule has 0 atom stereocenters. The topological polar surface area (TPSA) is 58.4 Å². The van der Waals surface area contributed by atoms with Crippen molar-refractivity contribution in [1.82, 2.24) is 9.88 Å². The minimum atomic E-state index is -0.360. The van der Waals surface area contributed by atoms with Crippen LogP contribution in [-0.2, 0) is 17.8 Å². The highest BCUT2D eigenvalue weighted by Crippen LogP contribution is 2.24. The molecule has 2 aromatic carbocycles. The van der Waals surface area contributed by atoms with Crippen LogP contribution in [0.5, 0.6) is 0 Å². The Morgan fingerprint density at radius 1 is 1.23 bits per heavy atom. The SMILES string of the molecule is Cc1ccc(CN2CCSCC2)cc1NC(=O)CCc1ncc(-c2ccccc2F)o1. The number of carbonyl (C=O) groups excluding carboxylic acids is 1. The lowest BCUT2D eigenvalue weighted by Crippen LogP contribution is -2.32. The Bertz CT molecular complexity index is 1050. The summed E-state index contributed by atoms with van der Waals surface area (Å²) in [7, 11) is 0. The summed E-state index contributed by atoms with van der Waals surface area (Å²) in [6.07, 6.45) is 2.09. The van der Waals surface area contributed by atoms with Gasteiger partial charge in [0, 0.05) is 49.7 Å². The van der Waals surface area contributed by atoms with Crippen LogP contribution in [0.15, 0.2) is 53.1 Å². The molecule has 1 saturated heterocycles. The highest BCUT2D eigenvalue weighted by atomic mass is 32.2. The monoisotopic (exact) mass is 439 g/mol. The normalized spacial score (nSPS) is 14.5. The van der Waals surface area contributed by atoms with Crippen molar-refractivity contribution < 1.29 is 13.6 Å². The average Bonchev–Trinajstić information content (AvgIpc) is 3.24. The van der Waals surface area contributed by atoms with Gasteiger partial charge in [0.25, 0.3) is 0 Å². The maximum Gasteiger partial charge on any atom is 0.224 e. The molecule has 3 aromatic rings. The Kier molecular flexibility index (Phi) is 7.04. The quantitative estimate of drug-likeness (QED) is 0.567. The van der Waals surface area contributed by atoms with Crippen LogP contribution in [0, 0.1) is 12.7 Å². The lowest BCUT2D eigenvalue weighted by molar-refractivity contribution is -0.116. The predicted molar refractivity (Wildman–Crippen MR) is 123 cm³/mol. The number of hydrogen-bond donors (Lipinski definition) is 1. The molecule has 162 valence electrons. The fraction of sp³-hybridized carbons (Fsp3) is 0.333. The van der Waals surface area contributed by atoms with Crippen LogP contribution in [-0.4, -0.2) is 40.4 Å². The number of benzene rings is 2. The Hall–Kier alpha value is -2.64. The van der Waals surface area contributed by atoms with E-state index in [4.69, 9.17) is 4.42 Å². The van der Waals surface area contributed by atoms with Gasteiger partial charge in [-0.25, -0.2) is 9.37 Å². The molecule has 7 heteroatoms. The van der Waals surface area contributed by atoms with Crippen molar-refractivity contribution >= 4 is 23.4 Å². The van der Waals surface area contributed by atoms with Gasteiger partial charge in [-0.05, 0) is 36.2 Å². The standard InChI is InChI=1S/C24H26FN3O2S/c1-17-6-7-18(16-28-10-12-31-13-11-28)14-21(17)27-23(29)8-9-24-26-15-22(30-24)19-4-2-3-5-20(19)25/h2-7,14-15H,8-13,16H2,1H3,(H,27,29). The molecule has 0 bridgehead atoms. The number of aryl methyl sites for hydroxylation is 2. The smallest absolute Gasteiger partial charge is 0.224 e. The van der Waals surface area contributed by atoms with Gasteiger partial charge in [0.1, 0.15) is 5.82 Å². The van der Waals surface area contributed by atoms with Crippen molar-refractivity contribution in [2.24, 2.45) is 0 Å². The van der Waals surface area contributed by atoms with Crippen molar-refractivity contribution in [2.45, 2.75) is 26.3 Å². The number of hydrogen-bond acceptors (Lipinski definition) is 5. The van der Waals surface area contributed by atoms with Gasteiger partial charge in [-0.15, -0.1) is 0 Å². The molecule has 1 aliphatic heterocycles. The van der Waals surface area contributed by atoms with E-state index < -0.39 is 0 Å². The zero-order valence-corrected chi connectivity index (χ0v) is 18.4. The first kappa shape index (κ1) is 21.6. The molecule has 1 aromatic heterocycles. The van der Waals surface area contributed by atoms with Crippen LogP contribution in [0.1, 0.15) is 23.4 Å². The van der Waals surface area contributed by atoms with Gasteiger partial charge in [0.05, 0.1) is 11.8 Å².